The predicted octanol–water partition coefficient (Wildman–Crippen LogP) is 2.96. The van der Waals surface area contributed by atoms with Crippen molar-refractivity contribution in [1.29, 1.82) is 0 Å². The van der Waals surface area contributed by atoms with Crippen LogP contribution in [0.2, 0.25) is 0 Å². The van der Waals surface area contributed by atoms with E-state index >= 15 is 0 Å². The van der Waals surface area contributed by atoms with E-state index < -0.39 is 42.3 Å². The molecule has 6 nitrogen and oxygen atoms in total. The number of amides is 2. The average molecular weight is 412 g/mol. The fourth-order valence-electron chi connectivity index (χ4n) is 2.84. The third-order valence-corrected chi connectivity index (χ3v) is 4.25. The monoisotopic (exact) mass is 412 g/mol. The van der Waals surface area contributed by atoms with E-state index in [0.717, 1.165) is 34.5 Å². The van der Waals surface area contributed by atoms with Crippen LogP contribution < -0.4 is 10.6 Å². The van der Waals surface area contributed by atoms with E-state index in [1.54, 1.807) is 0 Å². The van der Waals surface area contributed by atoms with Crippen LogP contribution in [0.25, 0.3) is 10.8 Å². The Balaban J connectivity index is 1.45. The quantitative estimate of drug-likeness (QED) is 0.585. The van der Waals surface area contributed by atoms with Gasteiger partial charge in [0.15, 0.2) is 6.61 Å². The number of nitrogens with one attached hydrogen (secondary N) is 2. The molecule has 2 amide bonds. The van der Waals surface area contributed by atoms with E-state index in [-0.39, 0.29) is 12.3 Å². The van der Waals surface area contributed by atoms with Crippen LogP contribution in [0.4, 0.5) is 14.5 Å². The maximum atomic E-state index is 13.5. The van der Waals surface area contributed by atoms with Gasteiger partial charge in [-0.1, -0.05) is 48.5 Å². The first kappa shape index (κ1) is 20.9. The Labute approximate surface area is 170 Å². The van der Waals surface area contributed by atoms with Crippen LogP contribution in [0.5, 0.6) is 0 Å². The highest BCUT2D eigenvalue weighted by Crippen LogP contribution is 2.19. The Morgan fingerprint density at radius 1 is 0.833 bits per heavy atom. The van der Waals surface area contributed by atoms with Crippen LogP contribution in [0, 0.1) is 11.6 Å². The second kappa shape index (κ2) is 9.60. The zero-order chi connectivity index (χ0) is 21.5. The molecular weight excluding hydrogens is 394 g/mol. The number of carbonyl (C=O) groups is 3. The topological polar surface area (TPSA) is 84.5 Å². The van der Waals surface area contributed by atoms with Crippen molar-refractivity contribution in [2.75, 3.05) is 18.5 Å². The minimum atomic E-state index is -0.949. The Bertz CT molecular complexity index is 1080. The molecule has 0 saturated carbocycles. The van der Waals surface area contributed by atoms with Gasteiger partial charge in [-0.15, -0.1) is 0 Å². The Morgan fingerprint density at radius 3 is 2.27 bits per heavy atom. The Kier molecular flexibility index (Phi) is 6.69. The molecule has 0 spiro atoms. The number of hydrogen-bond acceptors (Lipinski definition) is 4. The van der Waals surface area contributed by atoms with Gasteiger partial charge >= 0.3 is 5.97 Å². The minimum Gasteiger partial charge on any atom is -0.454 e. The summed E-state index contributed by atoms with van der Waals surface area (Å²) in [5, 5.41) is 6.36. The fourth-order valence-corrected chi connectivity index (χ4v) is 2.84. The molecule has 0 aliphatic heterocycles. The van der Waals surface area contributed by atoms with Crippen LogP contribution in [0.3, 0.4) is 0 Å². The normalized spacial score (nSPS) is 10.5. The van der Waals surface area contributed by atoms with Crippen molar-refractivity contribution in [3.8, 4) is 0 Å². The predicted molar refractivity (Wildman–Crippen MR) is 107 cm³/mol. The summed E-state index contributed by atoms with van der Waals surface area (Å²) in [5.41, 5.74) is 0.187. The lowest BCUT2D eigenvalue weighted by atomic mass is 10.0. The third kappa shape index (κ3) is 5.38. The number of carbonyl (C=O) groups excluding carboxylic acids is 3. The Morgan fingerprint density at radius 2 is 1.50 bits per heavy atom. The maximum absolute atomic E-state index is 13.5. The molecule has 0 aliphatic rings. The molecule has 2 N–H and O–H groups in total. The fraction of sp³-hybridized carbons (Fsp3) is 0.136. The first-order valence-electron chi connectivity index (χ1n) is 9.07. The van der Waals surface area contributed by atoms with E-state index in [1.807, 2.05) is 47.8 Å². The molecule has 0 unspecified atom stereocenters. The lowest BCUT2D eigenvalue weighted by Gasteiger charge is -2.09. The van der Waals surface area contributed by atoms with E-state index in [4.69, 9.17) is 4.74 Å². The molecule has 30 heavy (non-hydrogen) atoms. The van der Waals surface area contributed by atoms with Gasteiger partial charge in [0, 0.05) is 0 Å². The van der Waals surface area contributed by atoms with Crippen LogP contribution in [-0.4, -0.2) is 30.9 Å². The highest BCUT2D eigenvalue weighted by Gasteiger charge is 2.14. The summed E-state index contributed by atoms with van der Waals surface area (Å²) >= 11 is 0. The van der Waals surface area contributed by atoms with Gasteiger partial charge in [0.1, 0.15) is 23.9 Å². The van der Waals surface area contributed by atoms with Crippen LogP contribution in [0.15, 0.2) is 60.7 Å². The van der Waals surface area contributed by atoms with Crippen molar-refractivity contribution in [2.45, 2.75) is 6.42 Å². The molecule has 0 fully saturated rings. The van der Waals surface area contributed by atoms with Crippen molar-refractivity contribution in [3.05, 3.63) is 77.9 Å². The van der Waals surface area contributed by atoms with Gasteiger partial charge in [0.05, 0.1) is 6.42 Å². The number of benzene rings is 3. The SMILES string of the molecule is O=C(Cc1cccc2ccccc12)NCC(=O)OCC(=O)Nc1c(F)cccc1F. The minimum absolute atomic E-state index is 0.0711. The molecule has 0 heterocycles. The van der Waals surface area contributed by atoms with Crippen molar-refractivity contribution in [2.24, 2.45) is 0 Å². The zero-order valence-electron chi connectivity index (χ0n) is 15.8. The summed E-state index contributed by atoms with van der Waals surface area (Å²) in [7, 11) is 0. The standard InChI is InChI=1S/C22H18F2N2O4/c23-17-9-4-10-18(24)22(17)26-20(28)13-30-21(29)12-25-19(27)11-15-7-3-6-14-5-1-2-8-16(14)15/h1-10H,11-13H2,(H,25,27)(H,26,28). The maximum Gasteiger partial charge on any atom is 0.325 e. The number of ether oxygens (including phenoxy) is 1. The van der Waals surface area contributed by atoms with Crippen molar-refractivity contribution in [3.63, 3.8) is 0 Å². The lowest BCUT2D eigenvalue weighted by molar-refractivity contribution is -0.147. The summed E-state index contributed by atoms with van der Waals surface area (Å²) in [6.45, 7) is -1.18. The first-order valence-corrected chi connectivity index (χ1v) is 9.07. The van der Waals surface area contributed by atoms with E-state index in [0.29, 0.717) is 0 Å². The number of esters is 1. The van der Waals surface area contributed by atoms with Gasteiger partial charge < -0.3 is 15.4 Å². The summed E-state index contributed by atoms with van der Waals surface area (Å²) in [4.78, 5) is 35.6. The molecule has 8 heteroatoms. The van der Waals surface area contributed by atoms with Gasteiger partial charge in [-0.2, -0.15) is 0 Å². The van der Waals surface area contributed by atoms with E-state index in [9.17, 15) is 23.2 Å². The van der Waals surface area contributed by atoms with Crippen LogP contribution >= 0.6 is 0 Å². The molecule has 3 aromatic carbocycles. The molecule has 0 aromatic heterocycles. The largest absolute Gasteiger partial charge is 0.454 e. The molecule has 3 aromatic rings. The highest BCUT2D eigenvalue weighted by molar-refractivity contribution is 5.94. The number of anilines is 1. The van der Waals surface area contributed by atoms with E-state index in [1.165, 1.54) is 0 Å². The van der Waals surface area contributed by atoms with Crippen molar-refractivity contribution >= 4 is 34.2 Å². The number of fused-ring (bicyclic) bond motifs is 1. The highest BCUT2D eigenvalue weighted by atomic mass is 19.1. The number of rotatable bonds is 7. The number of hydrogen-bond donors (Lipinski definition) is 2. The lowest BCUT2D eigenvalue weighted by Crippen LogP contribution is -2.33. The van der Waals surface area contributed by atoms with Gasteiger partial charge in [-0.25, -0.2) is 8.78 Å². The smallest absolute Gasteiger partial charge is 0.325 e. The van der Waals surface area contributed by atoms with Gasteiger partial charge in [-0.05, 0) is 28.5 Å². The molecule has 3 rings (SSSR count). The van der Waals surface area contributed by atoms with Crippen molar-refractivity contribution < 1.29 is 27.9 Å². The van der Waals surface area contributed by atoms with Gasteiger partial charge in [0.25, 0.3) is 5.91 Å². The average Bonchev–Trinajstić information content (AvgIpc) is 2.74. The summed E-state index contributed by atoms with van der Waals surface area (Å²) < 4.78 is 31.7. The summed E-state index contributed by atoms with van der Waals surface area (Å²) in [5.74, 6) is -4.05. The number of halogens is 2. The molecule has 0 aliphatic carbocycles. The van der Waals surface area contributed by atoms with Crippen molar-refractivity contribution in [1.82, 2.24) is 5.32 Å². The second-order valence-corrected chi connectivity index (χ2v) is 6.40. The summed E-state index contributed by atoms with van der Waals surface area (Å²) in [6, 6.07) is 16.3. The second-order valence-electron chi connectivity index (χ2n) is 6.40. The number of para-hydroxylation sites is 1. The molecule has 154 valence electrons. The first-order chi connectivity index (χ1) is 14.4. The summed E-state index contributed by atoms with van der Waals surface area (Å²) in [6.07, 6.45) is 0.0711. The third-order valence-electron chi connectivity index (χ3n) is 4.25. The molecule has 0 saturated heterocycles. The van der Waals surface area contributed by atoms with E-state index in [2.05, 4.69) is 5.32 Å². The Hall–Kier alpha value is -3.81. The van der Waals surface area contributed by atoms with Crippen LogP contribution in [-0.2, 0) is 25.5 Å². The molecule has 0 radical (unpaired) electrons. The van der Waals surface area contributed by atoms with Crippen LogP contribution in [0.1, 0.15) is 5.56 Å². The molecule has 0 atom stereocenters. The molecule has 0 bridgehead atoms. The zero-order valence-corrected chi connectivity index (χ0v) is 15.8. The molecular formula is C22H18F2N2O4. The van der Waals surface area contributed by atoms with Gasteiger partial charge in [0.2, 0.25) is 5.91 Å². The van der Waals surface area contributed by atoms with Gasteiger partial charge in [-0.3, -0.25) is 14.4 Å².